The van der Waals surface area contributed by atoms with Crippen molar-refractivity contribution >= 4 is 5.82 Å². The molecule has 1 aromatic rings. The quantitative estimate of drug-likeness (QED) is 0.857. The maximum atomic E-state index is 4.72. The molecule has 0 radical (unpaired) electrons. The summed E-state index contributed by atoms with van der Waals surface area (Å²) in [6, 6.07) is 0. The van der Waals surface area contributed by atoms with Crippen molar-refractivity contribution in [2.24, 2.45) is 0 Å². The summed E-state index contributed by atoms with van der Waals surface area (Å²) in [6.07, 6.45) is 5.69. The van der Waals surface area contributed by atoms with Crippen LogP contribution in [0.15, 0.2) is 0 Å². The average Bonchev–Trinajstić information content (AvgIpc) is 2.35. The number of hydrogen-bond donors (Lipinski definition) is 1. The molecule has 0 bridgehead atoms. The summed E-state index contributed by atoms with van der Waals surface area (Å²) in [7, 11) is 6.11. The van der Waals surface area contributed by atoms with Gasteiger partial charge in [-0.2, -0.15) is 0 Å². The molecule has 1 aliphatic carbocycles. The lowest BCUT2D eigenvalue weighted by Crippen LogP contribution is -2.19. The van der Waals surface area contributed by atoms with Gasteiger partial charge in [0.1, 0.15) is 11.6 Å². The number of aromatic nitrogens is 2. The summed E-state index contributed by atoms with van der Waals surface area (Å²) < 4.78 is 0. The Balaban J connectivity index is 2.23. The Morgan fingerprint density at radius 1 is 1.18 bits per heavy atom. The van der Waals surface area contributed by atoms with Crippen LogP contribution in [-0.4, -0.2) is 42.6 Å². The van der Waals surface area contributed by atoms with Crippen molar-refractivity contribution in [3.05, 3.63) is 17.1 Å². The van der Waals surface area contributed by atoms with Crippen LogP contribution in [0.5, 0.6) is 0 Å². The van der Waals surface area contributed by atoms with Crippen molar-refractivity contribution in [3.8, 4) is 0 Å². The molecule has 0 aromatic carbocycles. The van der Waals surface area contributed by atoms with E-state index in [1.807, 2.05) is 7.05 Å². The Morgan fingerprint density at radius 3 is 2.65 bits per heavy atom. The highest BCUT2D eigenvalue weighted by Crippen LogP contribution is 2.25. The van der Waals surface area contributed by atoms with Crippen LogP contribution < -0.4 is 5.32 Å². The van der Waals surface area contributed by atoms with E-state index in [9.17, 15) is 0 Å². The summed E-state index contributed by atoms with van der Waals surface area (Å²) in [5.74, 6) is 2.02. The number of nitrogens with one attached hydrogen (secondary N) is 1. The van der Waals surface area contributed by atoms with E-state index < -0.39 is 0 Å². The van der Waals surface area contributed by atoms with Gasteiger partial charge in [0.25, 0.3) is 0 Å². The molecule has 0 aliphatic heterocycles. The van der Waals surface area contributed by atoms with Crippen LogP contribution in [0.1, 0.15) is 29.9 Å². The Labute approximate surface area is 103 Å². The minimum atomic E-state index is 0.926. The fourth-order valence-electron chi connectivity index (χ4n) is 2.29. The molecule has 0 amide bonds. The SMILES string of the molecule is CNc1nc(CCN(C)C)nc2c1CCCC2. The smallest absolute Gasteiger partial charge is 0.132 e. The molecule has 1 N–H and O–H groups in total. The molecule has 4 heteroatoms. The van der Waals surface area contributed by atoms with E-state index in [0.717, 1.165) is 37.4 Å². The first kappa shape index (κ1) is 12.3. The highest BCUT2D eigenvalue weighted by molar-refractivity contribution is 5.47. The topological polar surface area (TPSA) is 41.1 Å². The summed E-state index contributed by atoms with van der Waals surface area (Å²) >= 11 is 0. The second-order valence-corrected chi connectivity index (χ2v) is 4.92. The summed E-state index contributed by atoms with van der Waals surface area (Å²) in [4.78, 5) is 11.5. The van der Waals surface area contributed by atoms with E-state index in [-0.39, 0.29) is 0 Å². The van der Waals surface area contributed by atoms with Gasteiger partial charge in [-0.3, -0.25) is 0 Å². The van der Waals surface area contributed by atoms with Crippen LogP contribution >= 0.6 is 0 Å². The lowest BCUT2D eigenvalue weighted by Gasteiger charge is -2.19. The third-order valence-electron chi connectivity index (χ3n) is 3.25. The Kier molecular flexibility index (Phi) is 3.94. The van der Waals surface area contributed by atoms with Crippen molar-refractivity contribution in [2.45, 2.75) is 32.1 Å². The third kappa shape index (κ3) is 2.94. The number of hydrogen-bond acceptors (Lipinski definition) is 4. The second-order valence-electron chi connectivity index (χ2n) is 4.92. The molecule has 0 saturated heterocycles. The molecular formula is C13H22N4. The van der Waals surface area contributed by atoms with Gasteiger partial charge in [-0.15, -0.1) is 0 Å². The summed E-state index contributed by atoms with van der Waals surface area (Å²) in [5.41, 5.74) is 2.61. The van der Waals surface area contributed by atoms with Gasteiger partial charge < -0.3 is 10.2 Å². The number of aryl methyl sites for hydroxylation is 1. The number of fused-ring (bicyclic) bond motifs is 1. The molecule has 0 spiro atoms. The standard InChI is InChI=1S/C13H22N4/c1-14-13-10-6-4-5-7-11(10)15-12(16-13)8-9-17(2)3/h4-9H2,1-3H3,(H,14,15,16). The largest absolute Gasteiger partial charge is 0.373 e. The zero-order chi connectivity index (χ0) is 12.3. The third-order valence-corrected chi connectivity index (χ3v) is 3.25. The van der Waals surface area contributed by atoms with Crippen molar-refractivity contribution in [1.82, 2.24) is 14.9 Å². The van der Waals surface area contributed by atoms with Gasteiger partial charge in [0.15, 0.2) is 0 Å². The lowest BCUT2D eigenvalue weighted by atomic mass is 9.96. The molecule has 0 fully saturated rings. The molecule has 2 rings (SSSR count). The van der Waals surface area contributed by atoms with E-state index in [0.29, 0.717) is 0 Å². The van der Waals surface area contributed by atoms with Gasteiger partial charge in [0.05, 0.1) is 0 Å². The Hall–Kier alpha value is -1.16. The van der Waals surface area contributed by atoms with Crippen molar-refractivity contribution < 1.29 is 0 Å². The number of likely N-dealkylation sites (N-methyl/N-ethyl adjacent to an activating group) is 1. The van der Waals surface area contributed by atoms with Crippen LogP contribution in [0.3, 0.4) is 0 Å². The van der Waals surface area contributed by atoms with Gasteiger partial charge in [0.2, 0.25) is 0 Å². The Morgan fingerprint density at radius 2 is 1.94 bits per heavy atom. The van der Waals surface area contributed by atoms with E-state index in [1.165, 1.54) is 24.1 Å². The molecule has 1 heterocycles. The first-order valence-corrected chi connectivity index (χ1v) is 6.42. The normalized spacial score (nSPS) is 14.8. The monoisotopic (exact) mass is 234 g/mol. The van der Waals surface area contributed by atoms with Crippen LogP contribution in [0.2, 0.25) is 0 Å². The zero-order valence-electron chi connectivity index (χ0n) is 11.1. The molecule has 4 nitrogen and oxygen atoms in total. The Bertz CT molecular complexity index is 370. The van der Waals surface area contributed by atoms with Gasteiger partial charge >= 0.3 is 0 Å². The molecule has 0 saturated carbocycles. The highest BCUT2D eigenvalue weighted by Gasteiger charge is 2.16. The zero-order valence-corrected chi connectivity index (χ0v) is 11.1. The number of nitrogens with zero attached hydrogens (tertiary/aromatic N) is 3. The van der Waals surface area contributed by atoms with E-state index >= 15 is 0 Å². The van der Waals surface area contributed by atoms with E-state index in [4.69, 9.17) is 4.98 Å². The second kappa shape index (κ2) is 5.45. The molecule has 0 unspecified atom stereocenters. The molecular weight excluding hydrogens is 212 g/mol. The molecule has 17 heavy (non-hydrogen) atoms. The first-order chi connectivity index (χ1) is 8.20. The van der Waals surface area contributed by atoms with Crippen molar-refractivity contribution in [2.75, 3.05) is 33.0 Å². The molecule has 1 aliphatic rings. The van der Waals surface area contributed by atoms with Crippen LogP contribution in [0.4, 0.5) is 5.82 Å². The molecule has 1 aromatic heterocycles. The van der Waals surface area contributed by atoms with Gasteiger partial charge in [0, 0.05) is 31.3 Å². The number of rotatable bonds is 4. The average molecular weight is 234 g/mol. The van der Waals surface area contributed by atoms with Crippen molar-refractivity contribution in [1.29, 1.82) is 0 Å². The van der Waals surface area contributed by atoms with Gasteiger partial charge in [-0.25, -0.2) is 9.97 Å². The van der Waals surface area contributed by atoms with E-state index in [1.54, 1.807) is 0 Å². The van der Waals surface area contributed by atoms with Gasteiger partial charge in [-0.1, -0.05) is 0 Å². The van der Waals surface area contributed by atoms with Crippen molar-refractivity contribution in [3.63, 3.8) is 0 Å². The highest BCUT2D eigenvalue weighted by atomic mass is 15.1. The van der Waals surface area contributed by atoms with Crippen LogP contribution in [0.25, 0.3) is 0 Å². The summed E-state index contributed by atoms with van der Waals surface area (Å²) in [6.45, 7) is 1.00. The number of anilines is 1. The van der Waals surface area contributed by atoms with Crippen LogP contribution in [-0.2, 0) is 19.3 Å². The molecule has 0 atom stereocenters. The van der Waals surface area contributed by atoms with Crippen LogP contribution in [0, 0.1) is 0 Å². The predicted molar refractivity (Wildman–Crippen MR) is 70.5 cm³/mol. The fourth-order valence-corrected chi connectivity index (χ4v) is 2.29. The molecule has 94 valence electrons. The lowest BCUT2D eigenvalue weighted by molar-refractivity contribution is 0.409. The maximum absolute atomic E-state index is 4.72. The first-order valence-electron chi connectivity index (χ1n) is 6.42. The van der Waals surface area contributed by atoms with E-state index in [2.05, 4.69) is 29.3 Å². The summed E-state index contributed by atoms with van der Waals surface area (Å²) in [5, 5.41) is 3.22. The maximum Gasteiger partial charge on any atom is 0.132 e. The predicted octanol–water partition coefficient (Wildman–Crippen LogP) is 1.50. The van der Waals surface area contributed by atoms with Gasteiger partial charge in [-0.05, 0) is 39.8 Å². The fraction of sp³-hybridized carbons (Fsp3) is 0.692. The minimum Gasteiger partial charge on any atom is -0.373 e. The minimum absolute atomic E-state index is 0.926.